The van der Waals surface area contributed by atoms with Crippen LogP contribution < -0.4 is 10.9 Å². The van der Waals surface area contributed by atoms with Crippen LogP contribution in [0.25, 0.3) is 11.7 Å². The maximum Gasteiger partial charge on any atom is 0.267 e. The fourth-order valence-electron chi connectivity index (χ4n) is 3.71. The van der Waals surface area contributed by atoms with Gasteiger partial charge in [0.15, 0.2) is 0 Å². The van der Waals surface area contributed by atoms with E-state index in [1.54, 1.807) is 23.2 Å². The van der Waals surface area contributed by atoms with Gasteiger partial charge in [-0.25, -0.2) is 4.98 Å². The number of aromatic nitrogens is 2. The highest BCUT2D eigenvalue weighted by Gasteiger charge is 2.33. The number of amides is 1. The zero-order chi connectivity index (χ0) is 23.3. The third kappa shape index (κ3) is 5.13. The molecule has 1 unspecified atom stereocenters. The molecule has 1 atom stereocenters. The number of nitrogens with one attached hydrogen (secondary N) is 1. The molecule has 3 heterocycles. The van der Waals surface area contributed by atoms with Gasteiger partial charge in [-0.3, -0.25) is 18.9 Å². The van der Waals surface area contributed by atoms with E-state index in [1.165, 1.54) is 16.2 Å². The number of hydrogen-bond acceptors (Lipinski definition) is 6. The van der Waals surface area contributed by atoms with Gasteiger partial charge in [0.05, 0.1) is 10.5 Å². The van der Waals surface area contributed by atoms with Crippen LogP contribution in [0.2, 0.25) is 0 Å². The fourth-order valence-corrected chi connectivity index (χ4v) is 4.97. The molecule has 170 valence electrons. The molecule has 0 spiro atoms. The first-order chi connectivity index (χ1) is 15.4. The third-order valence-corrected chi connectivity index (χ3v) is 7.01. The largest absolute Gasteiger partial charge is 0.366 e. The Balaban J connectivity index is 2.00. The first-order valence-corrected chi connectivity index (χ1v) is 12.3. The van der Waals surface area contributed by atoms with Crippen LogP contribution in [0.1, 0.15) is 50.7 Å². The maximum absolute atomic E-state index is 13.3. The van der Waals surface area contributed by atoms with Crippen molar-refractivity contribution in [3.05, 3.63) is 57.4 Å². The molecule has 1 N–H and O–H groups in total. The molecule has 8 heteroatoms. The zero-order valence-electron chi connectivity index (χ0n) is 18.9. The number of carbonyl (C=O) groups excluding carboxylic acids is 1. The molecule has 1 aliphatic rings. The molecule has 1 fully saturated rings. The van der Waals surface area contributed by atoms with Crippen molar-refractivity contribution in [3.8, 4) is 0 Å². The number of unbranched alkanes of at least 4 members (excludes halogenated alkanes) is 1. The molecule has 0 bridgehead atoms. The molecule has 0 aliphatic carbocycles. The SMILES string of the molecule is C=CCNc1nc2c(C)cccn2c(=O)c1/C=C1/SC(=S)N(CC(CC)CCCC)C1=O. The minimum atomic E-state index is -0.232. The summed E-state index contributed by atoms with van der Waals surface area (Å²) in [6.45, 7) is 11.0. The van der Waals surface area contributed by atoms with Gasteiger partial charge in [0, 0.05) is 19.3 Å². The number of pyridine rings is 1. The summed E-state index contributed by atoms with van der Waals surface area (Å²) in [5.41, 5.74) is 1.58. The van der Waals surface area contributed by atoms with Crippen LogP contribution in [-0.4, -0.2) is 37.6 Å². The average Bonchev–Trinajstić information content (AvgIpc) is 3.04. The molecule has 3 rings (SSSR count). The smallest absolute Gasteiger partial charge is 0.267 e. The summed E-state index contributed by atoms with van der Waals surface area (Å²) in [6, 6.07) is 3.72. The monoisotopic (exact) mass is 470 g/mol. The fraction of sp³-hybridized carbons (Fsp3) is 0.417. The standard InChI is InChI=1S/C24H30N4O2S2/c1-5-8-11-17(7-3)15-28-23(30)19(32-24(28)31)14-18-20(25-12-6-2)26-21-16(4)10-9-13-27(21)22(18)29/h6,9-10,13-14,17,25H,2,5,7-8,11-12,15H2,1,3-4H3/b19-14+. The van der Waals surface area contributed by atoms with Crippen molar-refractivity contribution in [3.63, 3.8) is 0 Å². The van der Waals surface area contributed by atoms with Gasteiger partial charge in [-0.15, -0.1) is 6.58 Å². The molecule has 32 heavy (non-hydrogen) atoms. The number of hydrogen-bond donors (Lipinski definition) is 1. The van der Waals surface area contributed by atoms with E-state index < -0.39 is 0 Å². The number of thiocarbonyl (C=S) groups is 1. The lowest BCUT2D eigenvalue weighted by Gasteiger charge is -2.21. The van der Waals surface area contributed by atoms with E-state index in [1.807, 2.05) is 19.1 Å². The molecule has 1 amide bonds. The second-order valence-electron chi connectivity index (χ2n) is 7.94. The Kier molecular flexibility index (Phi) is 8.26. The molecule has 0 aromatic carbocycles. The third-order valence-electron chi connectivity index (χ3n) is 5.63. The van der Waals surface area contributed by atoms with Gasteiger partial charge in [-0.1, -0.05) is 69.2 Å². The molecule has 1 saturated heterocycles. The molecule has 1 aliphatic heterocycles. The van der Waals surface area contributed by atoms with Crippen molar-refractivity contribution in [2.45, 2.75) is 46.5 Å². The van der Waals surface area contributed by atoms with Gasteiger partial charge in [0.25, 0.3) is 11.5 Å². The van der Waals surface area contributed by atoms with Crippen molar-refractivity contribution >= 4 is 51.7 Å². The van der Waals surface area contributed by atoms with Crippen LogP contribution >= 0.6 is 24.0 Å². The summed E-state index contributed by atoms with van der Waals surface area (Å²) in [7, 11) is 0. The Labute approximate surface area is 198 Å². The van der Waals surface area contributed by atoms with Crippen LogP contribution in [0.5, 0.6) is 0 Å². The van der Waals surface area contributed by atoms with E-state index >= 15 is 0 Å². The topological polar surface area (TPSA) is 66.7 Å². The predicted octanol–water partition coefficient (Wildman–Crippen LogP) is 5.02. The zero-order valence-corrected chi connectivity index (χ0v) is 20.5. The molecule has 2 aromatic heterocycles. The highest BCUT2D eigenvalue weighted by atomic mass is 32.2. The number of fused-ring (bicyclic) bond motifs is 1. The quantitative estimate of drug-likeness (QED) is 0.299. The molecular formula is C24H30N4O2S2. The molecular weight excluding hydrogens is 440 g/mol. The predicted molar refractivity (Wildman–Crippen MR) is 138 cm³/mol. The first kappa shape index (κ1) is 24.2. The lowest BCUT2D eigenvalue weighted by atomic mass is 9.99. The van der Waals surface area contributed by atoms with Gasteiger partial charge >= 0.3 is 0 Å². The highest BCUT2D eigenvalue weighted by Crippen LogP contribution is 2.34. The van der Waals surface area contributed by atoms with E-state index in [2.05, 4.69) is 30.7 Å². The van der Waals surface area contributed by atoms with Gasteiger partial charge in [-0.2, -0.15) is 0 Å². The Hall–Kier alpha value is -2.45. The summed E-state index contributed by atoms with van der Waals surface area (Å²) < 4.78 is 2.06. The second kappa shape index (κ2) is 10.9. The summed E-state index contributed by atoms with van der Waals surface area (Å²) in [4.78, 5) is 33.3. The van der Waals surface area contributed by atoms with Crippen molar-refractivity contribution in [2.75, 3.05) is 18.4 Å². The Bertz CT molecular complexity index is 1120. The summed E-state index contributed by atoms with van der Waals surface area (Å²) in [5, 5.41) is 3.14. The number of thioether (sulfide) groups is 1. The Morgan fingerprint density at radius 1 is 1.34 bits per heavy atom. The van der Waals surface area contributed by atoms with Crippen molar-refractivity contribution in [1.82, 2.24) is 14.3 Å². The second-order valence-corrected chi connectivity index (χ2v) is 9.62. The Morgan fingerprint density at radius 3 is 2.81 bits per heavy atom. The van der Waals surface area contributed by atoms with E-state index in [4.69, 9.17) is 12.2 Å². The van der Waals surface area contributed by atoms with Crippen LogP contribution in [0, 0.1) is 12.8 Å². The number of nitrogens with zero attached hydrogens (tertiary/aromatic N) is 3. The lowest BCUT2D eigenvalue weighted by molar-refractivity contribution is -0.122. The van der Waals surface area contributed by atoms with Crippen molar-refractivity contribution < 1.29 is 4.79 Å². The minimum Gasteiger partial charge on any atom is -0.366 e. The first-order valence-electron chi connectivity index (χ1n) is 11.0. The summed E-state index contributed by atoms with van der Waals surface area (Å²) in [5.74, 6) is 0.708. The molecule has 2 aromatic rings. The van der Waals surface area contributed by atoms with Crippen molar-refractivity contribution in [2.24, 2.45) is 5.92 Å². The summed E-state index contributed by atoms with van der Waals surface area (Å²) >= 11 is 6.77. The molecule has 6 nitrogen and oxygen atoms in total. The van der Waals surface area contributed by atoms with E-state index in [0.717, 1.165) is 31.2 Å². The number of aryl methyl sites for hydroxylation is 1. The van der Waals surface area contributed by atoms with Gasteiger partial charge in [0.1, 0.15) is 15.8 Å². The number of carbonyl (C=O) groups is 1. The van der Waals surface area contributed by atoms with Crippen LogP contribution in [0.4, 0.5) is 5.82 Å². The normalized spacial score (nSPS) is 16.2. The van der Waals surface area contributed by atoms with E-state index in [0.29, 0.717) is 45.3 Å². The average molecular weight is 471 g/mol. The molecule has 0 saturated carbocycles. The van der Waals surface area contributed by atoms with Gasteiger partial charge in [0.2, 0.25) is 0 Å². The maximum atomic E-state index is 13.3. The van der Waals surface area contributed by atoms with Crippen LogP contribution in [-0.2, 0) is 4.79 Å². The highest BCUT2D eigenvalue weighted by molar-refractivity contribution is 8.26. The van der Waals surface area contributed by atoms with Crippen molar-refractivity contribution in [1.29, 1.82) is 0 Å². The minimum absolute atomic E-state index is 0.140. The summed E-state index contributed by atoms with van der Waals surface area (Å²) in [6.07, 6.45) is 9.37. The lowest BCUT2D eigenvalue weighted by Crippen LogP contribution is -2.33. The number of anilines is 1. The van der Waals surface area contributed by atoms with E-state index in [-0.39, 0.29) is 11.5 Å². The number of rotatable bonds is 10. The van der Waals surface area contributed by atoms with Gasteiger partial charge < -0.3 is 5.32 Å². The van der Waals surface area contributed by atoms with E-state index in [9.17, 15) is 9.59 Å². The van der Waals surface area contributed by atoms with Crippen LogP contribution in [0.15, 0.2) is 40.7 Å². The van der Waals surface area contributed by atoms with Gasteiger partial charge in [-0.05, 0) is 37.0 Å². The Morgan fingerprint density at radius 2 is 2.12 bits per heavy atom. The molecule has 0 radical (unpaired) electrons. The van der Waals surface area contributed by atoms with Crippen LogP contribution in [0.3, 0.4) is 0 Å².